The third-order valence-corrected chi connectivity index (χ3v) is 4.17. The highest BCUT2D eigenvalue weighted by Gasteiger charge is 2.19. The second-order valence-corrected chi connectivity index (χ2v) is 6.03. The van der Waals surface area contributed by atoms with Crippen LogP contribution in [0.2, 0.25) is 5.02 Å². The molecule has 4 nitrogen and oxygen atoms in total. The maximum atomic E-state index is 13.9. The van der Waals surface area contributed by atoms with Gasteiger partial charge in [-0.2, -0.15) is 0 Å². The predicted octanol–water partition coefficient (Wildman–Crippen LogP) is 4.71. The Labute approximate surface area is 146 Å². The first kappa shape index (κ1) is 17.1. The van der Waals surface area contributed by atoms with Gasteiger partial charge in [0.25, 0.3) is 0 Å². The van der Waals surface area contributed by atoms with E-state index in [9.17, 15) is 18.4 Å². The summed E-state index contributed by atoms with van der Waals surface area (Å²) < 4.78 is 27.0. The quantitative estimate of drug-likeness (QED) is 0.663. The molecule has 0 aliphatic heterocycles. The largest absolute Gasteiger partial charge is 0.340 e. The lowest BCUT2D eigenvalue weighted by Gasteiger charge is -2.14. The number of Topliss-reactive ketones (excluding diaryl/α,β-unsaturated/α-hetero) is 1. The second kappa shape index (κ2) is 6.29. The summed E-state index contributed by atoms with van der Waals surface area (Å²) in [4.78, 5) is 27.7. The summed E-state index contributed by atoms with van der Waals surface area (Å²) in [6.45, 7) is 3.00. The molecule has 0 atom stereocenters. The van der Waals surface area contributed by atoms with Crippen LogP contribution in [0.4, 0.5) is 20.3 Å². The first-order chi connectivity index (χ1) is 11.8. The molecule has 25 heavy (non-hydrogen) atoms. The zero-order valence-corrected chi connectivity index (χ0v) is 14.1. The maximum absolute atomic E-state index is 13.9. The standard InChI is InChI=1S/C18H13ClF2N2O2/c1-8-3-5-11(19)15-16(8)23-18(14(9(2)24)17(15)25)22-13-6-4-10(20)7-12(13)21/h3-7H,1-2H3,(H2,22,23,25). The summed E-state index contributed by atoms with van der Waals surface area (Å²) in [5.74, 6) is -2.06. The molecule has 0 spiro atoms. The molecule has 7 heteroatoms. The average molecular weight is 363 g/mol. The molecule has 0 aliphatic carbocycles. The highest BCUT2D eigenvalue weighted by molar-refractivity contribution is 6.35. The monoisotopic (exact) mass is 362 g/mol. The van der Waals surface area contributed by atoms with Gasteiger partial charge in [0, 0.05) is 6.07 Å². The van der Waals surface area contributed by atoms with Crippen molar-refractivity contribution in [2.75, 3.05) is 5.32 Å². The molecule has 0 saturated heterocycles. The molecule has 0 saturated carbocycles. The highest BCUT2D eigenvalue weighted by Crippen LogP contribution is 2.27. The number of anilines is 2. The number of hydrogen-bond acceptors (Lipinski definition) is 3. The first-order valence-electron chi connectivity index (χ1n) is 7.37. The van der Waals surface area contributed by atoms with Gasteiger partial charge in [0.2, 0.25) is 5.43 Å². The van der Waals surface area contributed by atoms with Crippen molar-refractivity contribution in [1.29, 1.82) is 0 Å². The van der Waals surface area contributed by atoms with Crippen LogP contribution >= 0.6 is 11.6 Å². The van der Waals surface area contributed by atoms with E-state index in [0.29, 0.717) is 11.6 Å². The summed E-state index contributed by atoms with van der Waals surface area (Å²) in [7, 11) is 0. The van der Waals surface area contributed by atoms with Crippen molar-refractivity contribution in [3.8, 4) is 0 Å². The van der Waals surface area contributed by atoms with Gasteiger partial charge in [-0.15, -0.1) is 0 Å². The van der Waals surface area contributed by atoms with E-state index in [1.165, 1.54) is 13.0 Å². The van der Waals surface area contributed by atoms with Crippen LogP contribution in [0.1, 0.15) is 22.8 Å². The fourth-order valence-electron chi connectivity index (χ4n) is 2.65. The van der Waals surface area contributed by atoms with Crippen molar-refractivity contribution >= 4 is 39.8 Å². The van der Waals surface area contributed by atoms with Crippen LogP contribution in [-0.4, -0.2) is 10.8 Å². The van der Waals surface area contributed by atoms with Crippen LogP contribution in [0.3, 0.4) is 0 Å². The fourth-order valence-corrected chi connectivity index (χ4v) is 2.89. The van der Waals surface area contributed by atoms with Gasteiger partial charge in [0.05, 0.1) is 21.6 Å². The molecule has 0 unspecified atom stereocenters. The molecule has 3 aromatic rings. The summed E-state index contributed by atoms with van der Waals surface area (Å²) >= 11 is 6.11. The zero-order chi connectivity index (χ0) is 18.3. The summed E-state index contributed by atoms with van der Waals surface area (Å²) in [5.41, 5.74) is 0.365. The van der Waals surface area contributed by atoms with Gasteiger partial charge in [-0.1, -0.05) is 17.7 Å². The van der Waals surface area contributed by atoms with Crippen LogP contribution < -0.4 is 10.7 Å². The van der Waals surface area contributed by atoms with Gasteiger partial charge >= 0.3 is 0 Å². The minimum atomic E-state index is -0.849. The van der Waals surface area contributed by atoms with Crippen molar-refractivity contribution in [3.63, 3.8) is 0 Å². The number of aromatic amines is 1. The molecule has 1 heterocycles. The number of rotatable bonds is 3. The van der Waals surface area contributed by atoms with Gasteiger partial charge in [0.1, 0.15) is 23.0 Å². The average Bonchev–Trinajstić information content (AvgIpc) is 2.53. The van der Waals surface area contributed by atoms with E-state index in [-0.39, 0.29) is 27.5 Å². The van der Waals surface area contributed by atoms with E-state index >= 15 is 0 Å². The number of H-pyrrole nitrogens is 1. The van der Waals surface area contributed by atoms with Crippen molar-refractivity contribution in [2.24, 2.45) is 0 Å². The first-order valence-corrected chi connectivity index (χ1v) is 7.75. The van der Waals surface area contributed by atoms with Crippen LogP contribution in [0, 0.1) is 18.6 Å². The number of ketones is 1. The Kier molecular flexibility index (Phi) is 4.30. The van der Waals surface area contributed by atoms with Gasteiger partial charge in [-0.05, 0) is 37.6 Å². The van der Waals surface area contributed by atoms with E-state index in [1.54, 1.807) is 19.1 Å². The Morgan fingerprint density at radius 2 is 1.92 bits per heavy atom. The summed E-state index contributed by atoms with van der Waals surface area (Å²) in [6, 6.07) is 6.25. The van der Waals surface area contributed by atoms with Crippen LogP contribution in [0.25, 0.3) is 10.9 Å². The highest BCUT2D eigenvalue weighted by atomic mass is 35.5. The van der Waals surface area contributed by atoms with E-state index in [4.69, 9.17) is 11.6 Å². The minimum absolute atomic E-state index is 0.0286. The minimum Gasteiger partial charge on any atom is -0.340 e. The van der Waals surface area contributed by atoms with E-state index < -0.39 is 22.8 Å². The SMILES string of the molecule is CC(=O)c1c(Nc2ccc(F)cc2F)[nH]c2c(C)ccc(Cl)c2c1=O. The normalized spacial score (nSPS) is 10.9. The molecule has 0 aliphatic rings. The summed E-state index contributed by atoms with van der Waals surface area (Å²) in [5, 5.41) is 3.07. The number of pyridine rings is 1. The van der Waals surface area contributed by atoms with Gasteiger partial charge in [0.15, 0.2) is 5.78 Å². The van der Waals surface area contributed by atoms with Crippen LogP contribution in [-0.2, 0) is 0 Å². The maximum Gasteiger partial charge on any atom is 0.203 e. The molecular formula is C18H13ClF2N2O2. The topological polar surface area (TPSA) is 62.0 Å². The lowest BCUT2D eigenvalue weighted by molar-refractivity contribution is 0.101. The third-order valence-electron chi connectivity index (χ3n) is 3.86. The Morgan fingerprint density at radius 3 is 2.56 bits per heavy atom. The molecular weight excluding hydrogens is 350 g/mol. The van der Waals surface area contributed by atoms with Crippen LogP contribution in [0.5, 0.6) is 0 Å². The van der Waals surface area contributed by atoms with E-state index in [0.717, 1.165) is 11.6 Å². The van der Waals surface area contributed by atoms with Gasteiger partial charge in [-0.25, -0.2) is 8.78 Å². The number of aromatic nitrogens is 1. The number of hydrogen-bond donors (Lipinski definition) is 2. The number of carbonyl (C=O) groups is 1. The Bertz CT molecular complexity index is 1080. The molecule has 128 valence electrons. The zero-order valence-electron chi connectivity index (χ0n) is 13.3. The molecule has 0 bridgehead atoms. The molecule has 2 aromatic carbocycles. The number of halogens is 3. The molecule has 0 amide bonds. The lowest BCUT2D eigenvalue weighted by atomic mass is 10.1. The third kappa shape index (κ3) is 3.00. The Hall–Kier alpha value is -2.73. The molecule has 0 radical (unpaired) electrons. The predicted molar refractivity (Wildman–Crippen MR) is 94.0 cm³/mol. The van der Waals surface area contributed by atoms with Crippen molar-refractivity contribution in [1.82, 2.24) is 4.98 Å². The van der Waals surface area contributed by atoms with Crippen molar-refractivity contribution < 1.29 is 13.6 Å². The number of aryl methyl sites for hydroxylation is 1. The Morgan fingerprint density at radius 1 is 1.20 bits per heavy atom. The lowest BCUT2D eigenvalue weighted by Crippen LogP contribution is -2.18. The molecule has 3 rings (SSSR count). The van der Waals surface area contributed by atoms with E-state index in [2.05, 4.69) is 10.3 Å². The second-order valence-electron chi connectivity index (χ2n) is 5.62. The summed E-state index contributed by atoms with van der Waals surface area (Å²) in [6.07, 6.45) is 0. The fraction of sp³-hybridized carbons (Fsp3) is 0.111. The smallest absolute Gasteiger partial charge is 0.203 e. The molecule has 0 fully saturated rings. The number of carbonyl (C=O) groups excluding carboxylic acids is 1. The van der Waals surface area contributed by atoms with Gasteiger partial charge < -0.3 is 10.3 Å². The molecule has 1 aromatic heterocycles. The van der Waals surface area contributed by atoms with E-state index in [1.807, 2.05) is 0 Å². The Balaban J connectivity index is 2.30. The van der Waals surface area contributed by atoms with Gasteiger partial charge in [-0.3, -0.25) is 9.59 Å². The number of fused-ring (bicyclic) bond motifs is 1. The van der Waals surface area contributed by atoms with Crippen molar-refractivity contribution in [2.45, 2.75) is 13.8 Å². The number of nitrogens with one attached hydrogen (secondary N) is 2. The molecule has 2 N–H and O–H groups in total. The number of benzene rings is 2. The van der Waals surface area contributed by atoms with Crippen molar-refractivity contribution in [3.05, 3.63) is 68.3 Å². The van der Waals surface area contributed by atoms with Crippen LogP contribution in [0.15, 0.2) is 35.1 Å².